The third kappa shape index (κ3) is 2.45. The summed E-state index contributed by atoms with van der Waals surface area (Å²) in [6.07, 6.45) is 0. The van der Waals surface area contributed by atoms with Crippen LogP contribution in [-0.4, -0.2) is 36.5 Å². The van der Waals surface area contributed by atoms with Gasteiger partial charge in [-0.15, -0.1) is 0 Å². The average Bonchev–Trinajstić information content (AvgIpc) is 3.28. The number of aromatic nitrogens is 1. The highest BCUT2D eigenvalue weighted by atomic mass is 16.5. The molecule has 2 aliphatic rings. The Morgan fingerprint density at radius 3 is 2.45 bits per heavy atom. The van der Waals surface area contributed by atoms with Gasteiger partial charge in [0.25, 0.3) is 0 Å². The van der Waals surface area contributed by atoms with Gasteiger partial charge in [0, 0.05) is 0 Å². The molecule has 110 valence electrons. The summed E-state index contributed by atoms with van der Waals surface area (Å²) in [7, 11) is 0. The molecule has 3 heterocycles. The minimum atomic E-state index is 0.0294. The van der Waals surface area contributed by atoms with Crippen LogP contribution in [0.5, 0.6) is 0 Å². The Hall–Kier alpha value is -2.69. The summed E-state index contributed by atoms with van der Waals surface area (Å²) in [5.74, 6) is 1.18. The van der Waals surface area contributed by atoms with Crippen LogP contribution in [0, 0.1) is 0 Å². The molecule has 0 spiro atoms. The normalized spacial score (nSPS) is 20.1. The Morgan fingerprint density at radius 1 is 0.864 bits per heavy atom. The number of rotatable bonds is 3. The summed E-state index contributed by atoms with van der Waals surface area (Å²) < 4.78 is 11.2. The van der Waals surface area contributed by atoms with Crippen LogP contribution in [0.1, 0.15) is 23.0 Å². The van der Waals surface area contributed by atoms with Crippen LogP contribution < -0.4 is 0 Å². The molecule has 1 aromatic heterocycles. The summed E-state index contributed by atoms with van der Waals surface area (Å²) in [5.41, 5.74) is 2.59. The number of aliphatic imine (C=N–C) groups is 2. The number of hydrogen-bond donors (Lipinski definition) is 0. The number of pyridine rings is 1. The van der Waals surface area contributed by atoms with E-state index in [0.29, 0.717) is 37.2 Å². The van der Waals surface area contributed by atoms with Crippen LogP contribution in [0.15, 0.2) is 58.5 Å². The van der Waals surface area contributed by atoms with Gasteiger partial charge in [-0.1, -0.05) is 36.4 Å². The summed E-state index contributed by atoms with van der Waals surface area (Å²) >= 11 is 0. The van der Waals surface area contributed by atoms with E-state index >= 15 is 0 Å². The quantitative estimate of drug-likeness (QED) is 0.873. The van der Waals surface area contributed by atoms with Crippen LogP contribution >= 0.6 is 0 Å². The number of hydrogen-bond acceptors (Lipinski definition) is 5. The third-order valence-corrected chi connectivity index (χ3v) is 3.61. The summed E-state index contributed by atoms with van der Waals surface area (Å²) in [6.45, 7) is 1.85. The predicted molar refractivity (Wildman–Crippen MR) is 83.3 cm³/mol. The molecule has 0 amide bonds. The second kappa shape index (κ2) is 5.60. The predicted octanol–water partition coefficient (Wildman–Crippen LogP) is 2.38. The van der Waals surface area contributed by atoms with E-state index in [1.807, 2.05) is 36.4 Å². The minimum absolute atomic E-state index is 0.0294. The molecule has 5 nitrogen and oxygen atoms in total. The monoisotopic (exact) mass is 293 g/mol. The largest absolute Gasteiger partial charge is 0.474 e. The van der Waals surface area contributed by atoms with E-state index in [9.17, 15) is 0 Å². The van der Waals surface area contributed by atoms with Gasteiger partial charge in [0.2, 0.25) is 11.8 Å². The molecule has 2 aliphatic heterocycles. The molecule has 0 N–H and O–H groups in total. The zero-order chi connectivity index (χ0) is 14.8. The second-order valence-corrected chi connectivity index (χ2v) is 5.12. The maximum Gasteiger partial charge on any atom is 0.236 e. The van der Waals surface area contributed by atoms with E-state index in [-0.39, 0.29) is 6.04 Å². The standard InChI is InChI=1S/C17H15N3O2/c1-2-5-12(6-3-1)15-11-22-17(20-15)14-8-4-7-13(19-14)16-18-9-10-21-16/h1-8,15H,9-11H2/t15-/m1/s1. The van der Waals surface area contributed by atoms with Crippen molar-refractivity contribution in [2.24, 2.45) is 9.98 Å². The molecule has 0 aliphatic carbocycles. The Balaban J connectivity index is 1.61. The van der Waals surface area contributed by atoms with Gasteiger partial charge in [-0.2, -0.15) is 0 Å². The lowest BCUT2D eigenvalue weighted by Crippen LogP contribution is -2.09. The molecule has 0 bridgehead atoms. The molecule has 2 aromatic rings. The first-order valence-electron chi connectivity index (χ1n) is 7.31. The first-order chi connectivity index (χ1) is 10.9. The van der Waals surface area contributed by atoms with Crippen molar-refractivity contribution < 1.29 is 9.47 Å². The lowest BCUT2D eigenvalue weighted by atomic mass is 10.1. The van der Waals surface area contributed by atoms with E-state index < -0.39 is 0 Å². The van der Waals surface area contributed by atoms with Gasteiger partial charge in [0.1, 0.15) is 30.6 Å². The Kier molecular flexibility index (Phi) is 3.31. The number of nitrogens with zero attached hydrogens (tertiary/aromatic N) is 3. The van der Waals surface area contributed by atoms with Crippen LogP contribution in [0.4, 0.5) is 0 Å². The molecule has 1 aromatic carbocycles. The molecule has 4 rings (SSSR count). The summed E-state index contributed by atoms with van der Waals surface area (Å²) in [5, 5.41) is 0. The van der Waals surface area contributed by atoms with Crippen LogP contribution in [-0.2, 0) is 9.47 Å². The first-order valence-corrected chi connectivity index (χ1v) is 7.31. The SMILES string of the molecule is c1ccc([C@H]2COC(c3cccc(C4=NCCO4)n3)=N2)cc1. The van der Waals surface area contributed by atoms with E-state index in [0.717, 1.165) is 11.3 Å². The fourth-order valence-corrected chi connectivity index (χ4v) is 2.52. The molecule has 0 unspecified atom stereocenters. The smallest absolute Gasteiger partial charge is 0.236 e. The molecule has 22 heavy (non-hydrogen) atoms. The molecule has 0 radical (unpaired) electrons. The van der Waals surface area contributed by atoms with Crippen LogP contribution in [0.3, 0.4) is 0 Å². The first kappa shape index (κ1) is 13.0. The zero-order valence-electron chi connectivity index (χ0n) is 12.0. The van der Waals surface area contributed by atoms with Crippen molar-refractivity contribution in [3.8, 4) is 0 Å². The second-order valence-electron chi connectivity index (χ2n) is 5.12. The Labute approximate surface area is 128 Å². The lowest BCUT2D eigenvalue weighted by Gasteiger charge is -2.04. The van der Waals surface area contributed by atoms with E-state index in [4.69, 9.17) is 9.47 Å². The van der Waals surface area contributed by atoms with Crippen molar-refractivity contribution in [2.75, 3.05) is 19.8 Å². The zero-order valence-corrected chi connectivity index (χ0v) is 12.0. The number of ether oxygens (including phenoxy) is 2. The Bertz CT molecular complexity index is 741. The Morgan fingerprint density at radius 2 is 1.68 bits per heavy atom. The van der Waals surface area contributed by atoms with Gasteiger partial charge < -0.3 is 9.47 Å². The molecular weight excluding hydrogens is 278 g/mol. The van der Waals surface area contributed by atoms with Crippen LogP contribution in [0.25, 0.3) is 0 Å². The molecule has 0 saturated heterocycles. The third-order valence-electron chi connectivity index (χ3n) is 3.61. The summed E-state index contributed by atoms with van der Waals surface area (Å²) in [6, 6.07) is 15.9. The molecular formula is C17H15N3O2. The van der Waals surface area contributed by atoms with Crippen molar-refractivity contribution in [3.63, 3.8) is 0 Å². The van der Waals surface area contributed by atoms with Gasteiger partial charge in [-0.3, -0.25) is 0 Å². The molecule has 1 atom stereocenters. The number of benzene rings is 1. The van der Waals surface area contributed by atoms with Crippen LogP contribution in [0.2, 0.25) is 0 Å². The fourth-order valence-electron chi connectivity index (χ4n) is 2.52. The lowest BCUT2D eigenvalue weighted by molar-refractivity contribution is 0.319. The van der Waals surface area contributed by atoms with Crippen molar-refractivity contribution in [3.05, 3.63) is 65.5 Å². The van der Waals surface area contributed by atoms with Crippen molar-refractivity contribution >= 4 is 11.8 Å². The average molecular weight is 293 g/mol. The molecule has 5 heteroatoms. The fraction of sp³-hybridized carbons (Fsp3) is 0.235. The highest BCUT2D eigenvalue weighted by Gasteiger charge is 2.23. The van der Waals surface area contributed by atoms with Crippen molar-refractivity contribution in [1.29, 1.82) is 0 Å². The van der Waals surface area contributed by atoms with Gasteiger partial charge in [0.15, 0.2) is 0 Å². The molecule has 0 saturated carbocycles. The summed E-state index contributed by atoms with van der Waals surface area (Å²) in [4.78, 5) is 13.5. The minimum Gasteiger partial charge on any atom is -0.474 e. The van der Waals surface area contributed by atoms with Gasteiger partial charge in [0.05, 0.1) is 6.54 Å². The highest BCUT2D eigenvalue weighted by Crippen LogP contribution is 2.24. The topological polar surface area (TPSA) is 56.1 Å². The van der Waals surface area contributed by atoms with Gasteiger partial charge >= 0.3 is 0 Å². The van der Waals surface area contributed by atoms with E-state index in [1.165, 1.54) is 0 Å². The highest BCUT2D eigenvalue weighted by molar-refractivity contribution is 5.97. The van der Waals surface area contributed by atoms with Gasteiger partial charge in [-0.25, -0.2) is 15.0 Å². The van der Waals surface area contributed by atoms with Crippen molar-refractivity contribution in [1.82, 2.24) is 4.98 Å². The molecule has 0 fully saturated rings. The maximum atomic E-state index is 5.73. The van der Waals surface area contributed by atoms with Crippen molar-refractivity contribution in [2.45, 2.75) is 6.04 Å². The van der Waals surface area contributed by atoms with E-state index in [2.05, 4.69) is 27.1 Å². The van der Waals surface area contributed by atoms with E-state index in [1.54, 1.807) is 0 Å². The maximum absolute atomic E-state index is 5.73. The van der Waals surface area contributed by atoms with Gasteiger partial charge in [-0.05, 0) is 17.7 Å².